The summed E-state index contributed by atoms with van der Waals surface area (Å²) >= 11 is 0. The van der Waals surface area contributed by atoms with Gasteiger partial charge in [0.15, 0.2) is 0 Å². The predicted molar refractivity (Wildman–Crippen MR) is 102 cm³/mol. The molecule has 6 nitrogen and oxygen atoms in total. The van der Waals surface area contributed by atoms with E-state index < -0.39 is 17.8 Å². The van der Waals surface area contributed by atoms with E-state index in [1.54, 1.807) is 35.2 Å². The standard InChI is InChI=1S/C21H22N2O4/c1-13(2)27-23-12-17(14-8-6-7-11-18(14)23)19(20(22)24)15-9-4-5-10-16(15)21(25)26-3/h4-13,19H,1-3H3,(H2,22,24). The number of aromatic nitrogens is 1. The molecule has 0 aliphatic heterocycles. The van der Waals surface area contributed by atoms with Gasteiger partial charge in [-0.3, -0.25) is 4.79 Å². The SMILES string of the molecule is COC(=O)c1ccccc1C(C(N)=O)c1cn(OC(C)C)c2ccccc12. The first kappa shape index (κ1) is 18.5. The first-order valence-electron chi connectivity index (χ1n) is 8.67. The zero-order valence-electron chi connectivity index (χ0n) is 15.5. The number of rotatable bonds is 6. The van der Waals surface area contributed by atoms with Gasteiger partial charge < -0.3 is 15.3 Å². The number of nitrogens with zero attached hydrogens (tertiary/aromatic N) is 1. The Hall–Kier alpha value is -3.28. The topological polar surface area (TPSA) is 83.5 Å². The Balaban J connectivity index is 2.24. The highest BCUT2D eigenvalue weighted by atomic mass is 16.7. The van der Waals surface area contributed by atoms with E-state index in [4.69, 9.17) is 15.3 Å². The van der Waals surface area contributed by atoms with E-state index in [2.05, 4.69) is 0 Å². The van der Waals surface area contributed by atoms with Gasteiger partial charge in [0, 0.05) is 11.6 Å². The van der Waals surface area contributed by atoms with E-state index in [-0.39, 0.29) is 6.10 Å². The van der Waals surface area contributed by atoms with Crippen molar-refractivity contribution in [2.24, 2.45) is 5.73 Å². The number of esters is 1. The number of amides is 1. The number of benzene rings is 2. The molecule has 1 atom stereocenters. The monoisotopic (exact) mass is 366 g/mol. The molecule has 140 valence electrons. The highest BCUT2D eigenvalue weighted by Gasteiger charge is 2.29. The minimum absolute atomic E-state index is 0.0527. The molecule has 0 bridgehead atoms. The zero-order chi connectivity index (χ0) is 19.6. The number of nitrogens with two attached hydrogens (primary N) is 1. The Kier molecular flexibility index (Phi) is 5.16. The Bertz CT molecular complexity index is 991. The van der Waals surface area contributed by atoms with Crippen molar-refractivity contribution in [3.8, 4) is 0 Å². The summed E-state index contributed by atoms with van der Waals surface area (Å²) in [5.74, 6) is -1.89. The Morgan fingerprint density at radius 2 is 1.67 bits per heavy atom. The summed E-state index contributed by atoms with van der Waals surface area (Å²) in [5, 5.41) is 0.835. The molecule has 1 unspecified atom stereocenters. The first-order chi connectivity index (χ1) is 12.9. The number of methoxy groups -OCH3 is 1. The van der Waals surface area contributed by atoms with Gasteiger partial charge in [-0.1, -0.05) is 36.4 Å². The maximum absolute atomic E-state index is 12.5. The molecule has 0 fully saturated rings. The third-order valence-electron chi connectivity index (χ3n) is 4.31. The van der Waals surface area contributed by atoms with Crippen LogP contribution in [0.5, 0.6) is 0 Å². The van der Waals surface area contributed by atoms with Crippen LogP contribution in [-0.2, 0) is 9.53 Å². The summed E-state index contributed by atoms with van der Waals surface area (Å²) in [7, 11) is 1.31. The first-order valence-corrected chi connectivity index (χ1v) is 8.67. The van der Waals surface area contributed by atoms with Crippen LogP contribution in [0.25, 0.3) is 10.9 Å². The molecule has 1 heterocycles. The number of primary amides is 1. The van der Waals surface area contributed by atoms with E-state index >= 15 is 0 Å². The van der Waals surface area contributed by atoms with Crippen LogP contribution in [0.4, 0.5) is 0 Å². The summed E-state index contributed by atoms with van der Waals surface area (Å²) in [6, 6.07) is 14.4. The van der Waals surface area contributed by atoms with E-state index in [0.29, 0.717) is 16.7 Å². The van der Waals surface area contributed by atoms with Crippen LogP contribution >= 0.6 is 0 Å². The molecular formula is C21H22N2O4. The van der Waals surface area contributed by atoms with Crippen molar-refractivity contribution in [1.29, 1.82) is 0 Å². The average molecular weight is 366 g/mol. The molecule has 0 aliphatic rings. The number of hydrogen-bond acceptors (Lipinski definition) is 4. The van der Waals surface area contributed by atoms with Crippen LogP contribution in [0, 0.1) is 0 Å². The van der Waals surface area contributed by atoms with Crippen molar-refractivity contribution < 1.29 is 19.2 Å². The Morgan fingerprint density at radius 1 is 1.00 bits per heavy atom. The summed E-state index contributed by atoms with van der Waals surface area (Å²) < 4.78 is 6.51. The van der Waals surface area contributed by atoms with Crippen molar-refractivity contribution in [3.63, 3.8) is 0 Å². The van der Waals surface area contributed by atoms with Crippen LogP contribution in [0.1, 0.15) is 41.3 Å². The molecule has 0 saturated heterocycles. The van der Waals surface area contributed by atoms with Crippen LogP contribution in [0.2, 0.25) is 0 Å². The second-order valence-electron chi connectivity index (χ2n) is 6.50. The number of hydrogen-bond donors (Lipinski definition) is 1. The minimum Gasteiger partial charge on any atom is -0.465 e. The maximum atomic E-state index is 12.5. The highest BCUT2D eigenvalue weighted by Crippen LogP contribution is 2.34. The van der Waals surface area contributed by atoms with Gasteiger partial charge in [-0.15, -0.1) is 0 Å². The third kappa shape index (κ3) is 3.51. The second-order valence-corrected chi connectivity index (χ2v) is 6.50. The quantitative estimate of drug-likeness (QED) is 0.680. The number of ether oxygens (including phenoxy) is 1. The van der Waals surface area contributed by atoms with Crippen molar-refractivity contribution in [1.82, 2.24) is 4.73 Å². The maximum Gasteiger partial charge on any atom is 0.338 e. The van der Waals surface area contributed by atoms with Gasteiger partial charge in [0.2, 0.25) is 5.91 Å². The molecule has 2 aromatic carbocycles. The van der Waals surface area contributed by atoms with Gasteiger partial charge in [0.25, 0.3) is 0 Å². The lowest BCUT2D eigenvalue weighted by Crippen LogP contribution is -2.24. The molecular weight excluding hydrogens is 344 g/mol. The average Bonchev–Trinajstić information content (AvgIpc) is 2.99. The molecule has 1 aromatic heterocycles. The largest absolute Gasteiger partial charge is 0.465 e. The van der Waals surface area contributed by atoms with Gasteiger partial charge in [0.1, 0.15) is 6.10 Å². The van der Waals surface area contributed by atoms with Crippen LogP contribution < -0.4 is 10.6 Å². The lowest BCUT2D eigenvalue weighted by Gasteiger charge is -2.16. The summed E-state index contributed by atoms with van der Waals surface area (Å²) in [4.78, 5) is 30.5. The third-order valence-corrected chi connectivity index (χ3v) is 4.31. The van der Waals surface area contributed by atoms with Crippen LogP contribution in [0.3, 0.4) is 0 Å². The molecule has 3 rings (SSSR count). The summed E-state index contributed by atoms with van der Waals surface area (Å²) in [6.45, 7) is 3.85. The molecule has 2 N–H and O–H groups in total. The summed E-state index contributed by atoms with van der Waals surface area (Å²) in [5.41, 5.74) is 8.08. The van der Waals surface area contributed by atoms with E-state index in [1.807, 2.05) is 38.1 Å². The molecule has 0 radical (unpaired) electrons. The number of carbonyl (C=O) groups is 2. The molecule has 1 amide bonds. The highest BCUT2D eigenvalue weighted by molar-refractivity contribution is 5.98. The fourth-order valence-electron chi connectivity index (χ4n) is 3.24. The number of carbonyl (C=O) groups excluding carboxylic acids is 2. The van der Waals surface area contributed by atoms with E-state index in [1.165, 1.54) is 7.11 Å². The van der Waals surface area contributed by atoms with Gasteiger partial charge in [-0.25, -0.2) is 4.79 Å². The van der Waals surface area contributed by atoms with Crippen molar-refractivity contribution in [3.05, 3.63) is 71.4 Å². The Morgan fingerprint density at radius 3 is 2.33 bits per heavy atom. The lowest BCUT2D eigenvalue weighted by atomic mass is 9.87. The van der Waals surface area contributed by atoms with Gasteiger partial charge in [0.05, 0.1) is 24.1 Å². The van der Waals surface area contributed by atoms with Gasteiger partial charge in [-0.05, 0) is 37.1 Å². The van der Waals surface area contributed by atoms with Gasteiger partial charge in [-0.2, -0.15) is 4.73 Å². The zero-order valence-corrected chi connectivity index (χ0v) is 15.5. The van der Waals surface area contributed by atoms with Crippen molar-refractivity contribution in [2.75, 3.05) is 7.11 Å². The van der Waals surface area contributed by atoms with Crippen molar-refractivity contribution >= 4 is 22.8 Å². The lowest BCUT2D eigenvalue weighted by molar-refractivity contribution is -0.118. The van der Waals surface area contributed by atoms with Gasteiger partial charge >= 0.3 is 5.97 Å². The smallest absolute Gasteiger partial charge is 0.338 e. The molecule has 0 spiro atoms. The Labute approximate surface area is 157 Å². The molecule has 27 heavy (non-hydrogen) atoms. The van der Waals surface area contributed by atoms with E-state index in [0.717, 1.165) is 10.9 Å². The molecule has 0 saturated carbocycles. The molecule has 3 aromatic rings. The molecule has 6 heteroatoms. The van der Waals surface area contributed by atoms with Crippen LogP contribution in [0.15, 0.2) is 54.7 Å². The fraction of sp³-hybridized carbons (Fsp3) is 0.238. The van der Waals surface area contributed by atoms with E-state index in [9.17, 15) is 9.59 Å². The molecule has 0 aliphatic carbocycles. The normalized spacial score (nSPS) is 12.1. The summed E-state index contributed by atoms with van der Waals surface area (Å²) in [6.07, 6.45) is 1.71. The minimum atomic E-state index is -0.817. The predicted octanol–water partition coefficient (Wildman–Crippen LogP) is 2.88. The van der Waals surface area contributed by atoms with Crippen LogP contribution in [-0.4, -0.2) is 29.8 Å². The number of fused-ring (bicyclic) bond motifs is 1. The fourth-order valence-corrected chi connectivity index (χ4v) is 3.24. The number of para-hydroxylation sites is 1. The second kappa shape index (κ2) is 7.53. The van der Waals surface area contributed by atoms with Crippen molar-refractivity contribution in [2.45, 2.75) is 25.9 Å².